The van der Waals surface area contributed by atoms with Gasteiger partial charge in [0.2, 0.25) is 0 Å². The van der Waals surface area contributed by atoms with Gasteiger partial charge in [0.15, 0.2) is 0 Å². The number of nitrogens with one attached hydrogen (secondary N) is 1. The van der Waals surface area contributed by atoms with Gasteiger partial charge in [-0.1, -0.05) is 11.6 Å². The topological polar surface area (TPSA) is 55.4 Å². The van der Waals surface area contributed by atoms with E-state index in [1.54, 1.807) is 0 Å². The Morgan fingerprint density at radius 2 is 1.82 bits per heavy atom. The number of halogens is 3. The Labute approximate surface area is 129 Å². The molecule has 0 aromatic heterocycles. The molecule has 0 aliphatic rings. The van der Waals surface area contributed by atoms with Crippen LogP contribution in [0.25, 0.3) is 0 Å². The third-order valence-electron chi connectivity index (χ3n) is 2.80. The van der Waals surface area contributed by atoms with Crippen molar-refractivity contribution in [3.63, 3.8) is 0 Å². The zero-order valence-corrected chi connectivity index (χ0v) is 12.1. The lowest BCUT2D eigenvalue weighted by Crippen LogP contribution is -2.14. The van der Waals surface area contributed by atoms with Crippen LogP contribution in [0.2, 0.25) is 5.02 Å². The second kappa shape index (κ2) is 6.53. The molecule has 0 aliphatic carbocycles. The van der Waals surface area contributed by atoms with Gasteiger partial charge >= 0.3 is 5.97 Å². The van der Waals surface area contributed by atoms with E-state index in [1.807, 2.05) is 0 Å². The minimum absolute atomic E-state index is 0.0432. The standard InChI is InChI=1S/C15H10ClF2NO3/c1-22-15(21)10-7-9(3-4-12(10)16)19-14(20)11-6-8(17)2-5-13(11)18/h2-7H,1H3,(H,19,20). The summed E-state index contributed by atoms with van der Waals surface area (Å²) in [4.78, 5) is 23.5. The quantitative estimate of drug-likeness (QED) is 0.876. The summed E-state index contributed by atoms with van der Waals surface area (Å²) in [7, 11) is 1.19. The number of carbonyl (C=O) groups is 2. The normalized spacial score (nSPS) is 10.2. The maximum Gasteiger partial charge on any atom is 0.339 e. The van der Waals surface area contributed by atoms with Crippen molar-refractivity contribution in [3.8, 4) is 0 Å². The molecule has 0 fully saturated rings. The summed E-state index contributed by atoms with van der Waals surface area (Å²) < 4.78 is 31.2. The third-order valence-corrected chi connectivity index (χ3v) is 3.13. The van der Waals surface area contributed by atoms with E-state index in [-0.39, 0.29) is 16.3 Å². The monoisotopic (exact) mass is 325 g/mol. The van der Waals surface area contributed by atoms with Gasteiger partial charge in [-0.05, 0) is 36.4 Å². The molecule has 7 heteroatoms. The number of benzene rings is 2. The molecule has 0 atom stereocenters. The smallest absolute Gasteiger partial charge is 0.339 e. The van der Waals surface area contributed by atoms with Crippen LogP contribution in [0.3, 0.4) is 0 Å². The fourth-order valence-corrected chi connectivity index (χ4v) is 1.93. The van der Waals surface area contributed by atoms with Crippen LogP contribution in [0.15, 0.2) is 36.4 Å². The minimum atomic E-state index is -0.860. The van der Waals surface area contributed by atoms with Crippen LogP contribution in [-0.4, -0.2) is 19.0 Å². The lowest BCUT2D eigenvalue weighted by atomic mass is 10.1. The fraction of sp³-hybridized carbons (Fsp3) is 0.0667. The van der Waals surface area contributed by atoms with Crippen molar-refractivity contribution in [1.82, 2.24) is 0 Å². The Morgan fingerprint density at radius 1 is 1.09 bits per heavy atom. The Hall–Kier alpha value is -2.47. The van der Waals surface area contributed by atoms with Gasteiger partial charge < -0.3 is 10.1 Å². The molecule has 0 saturated carbocycles. The van der Waals surface area contributed by atoms with Gasteiger partial charge in [0.25, 0.3) is 5.91 Å². The first-order valence-corrected chi connectivity index (χ1v) is 6.44. The van der Waals surface area contributed by atoms with Gasteiger partial charge in [-0.3, -0.25) is 4.79 Å². The number of ether oxygens (including phenoxy) is 1. The van der Waals surface area contributed by atoms with Crippen molar-refractivity contribution in [2.24, 2.45) is 0 Å². The van der Waals surface area contributed by atoms with Crippen molar-refractivity contribution < 1.29 is 23.1 Å². The van der Waals surface area contributed by atoms with Crippen LogP contribution in [0.5, 0.6) is 0 Å². The predicted octanol–water partition coefficient (Wildman–Crippen LogP) is 3.66. The maximum atomic E-state index is 13.5. The van der Waals surface area contributed by atoms with Gasteiger partial charge in [-0.25, -0.2) is 13.6 Å². The molecule has 2 aromatic carbocycles. The van der Waals surface area contributed by atoms with E-state index >= 15 is 0 Å². The van der Waals surface area contributed by atoms with E-state index in [0.717, 1.165) is 18.2 Å². The van der Waals surface area contributed by atoms with E-state index < -0.39 is 29.1 Å². The number of esters is 1. The molecule has 0 bridgehead atoms. The number of amides is 1. The number of methoxy groups -OCH3 is 1. The van der Waals surface area contributed by atoms with Crippen LogP contribution in [0.1, 0.15) is 20.7 Å². The molecule has 4 nitrogen and oxygen atoms in total. The first kappa shape index (κ1) is 15.9. The molecule has 0 aliphatic heterocycles. The molecule has 0 saturated heterocycles. The lowest BCUT2D eigenvalue weighted by Gasteiger charge is -2.09. The summed E-state index contributed by atoms with van der Waals surface area (Å²) in [6, 6.07) is 6.62. The van der Waals surface area contributed by atoms with E-state index in [0.29, 0.717) is 0 Å². The lowest BCUT2D eigenvalue weighted by molar-refractivity contribution is 0.0600. The summed E-state index contributed by atoms with van der Waals surface area (Å²) in [6.45, 7) is 0. The third kappa shape index (κ3) is 3.40. The van der Waals surface area contributed by atoms with Crippen LogP contribution in [0.4, 0.5) is 14.5 Å². The average Bonchev–Trinajstić information content (AvgIpc) is 2.50. The second-order valence-electron chi connectivity index (χ2n) is 4.26. The summed E-state index contributed by atoms with van der Waals surface area (Å²) >= 11 is 5.85. The maximum absolute atomic E-state index is 13.5. The molecule has 1 N–H and O–H groups in total. The summed E-state index contributed by atoms with van der Waals surface area (Å²) in [5, 5.41) is 2.50. The highest BCUT2D eigenvalue weighted by atomic mass is 35.5. The summed E-state index contributed by atoms with van der Waals surface area (Å²) in [5.41, 5.74) is -0.213. The molecule has 0 unspecified atom stereocenters. The molecule has 22 heavy (non-hydrogen) atoms. The van der Waals surface area contributed by atoms with Crippen LogP contribution < -0.4 is 5.32 Å². The molecule has 114 valence electrons. The predicted molar refractivity (Wildman–Crippen MR) is 77.1 cm³/mol. The zero-order valence-electron chi connectivity index (χ0n) is 11.3. The first-order chi connectivity index (χ1) is 10.4. The number of rotatable bonds is 3. The molecule has 0 radical (unpaired) electrons. The van der Waals surface area contributed by atoms with Gasteiger partial charge in [0, 0.05) is 5.69 Å². The SMILES string of the molecule is COC(=O)c1cc(NC(=O)c2cc(F)ccc2F)ccc1Cl. The summed E-state index contributed by atoms with van der Waals surface area (Å²) in [6.07, 6.45) is 0. The molecule has 2 aromatic rings. The fourth-order valence-electron chi connectivity index (χ4n) is 1.74. The largest absolute Gasteiger partial charge is 0.465 e. The van der Waals surface area contributed by atoms with Gasteiger partial charge in [-0.15, -0.1) is 0 Å². The minimum Gasteiger partial charge on any atom is -0.465 e. The van der Waals surface area contributed by atoms with E-state index in [9.17, 15) is 18.4 Å². The zero-order chi connectivity index (χ0) is 16.3. The van der Waals surface area contributed by atoms with Gasteiger partial charge in [0.05, 0.1) is 23.3 Å². The molecular formula is C15H10ClF2NO3. The van der Waals surface area contributed by atoms with Gasteiger partial charge in [0.1, 0.15) is 11.6 Å². The highest BCUT2D eigenvalue weighted by molar-refractivity contribution is 6.33. The first-order valence-electron chi connectivity index (χ1n) is 6.06. The van der Waals surface area contributed by atoms with Crippen LogP contribution >= 0.6 is 11.6 Å². The Kier molecular flexibility index (Phi) is 4.72. The van der Waals surface area contributed by atoms with Gasteiger partial charge in [-0.2, -0.15) is 0 Å². The number of anilines is 1. The molecule has 0 heterocycles. The average molecular weight is 326 g/mol. The number of carbonyl (C=O) groups excluding carboxylic acids is 2. The van der Waals surface area contributed by atoms with E-state index in [1.165, 1.54) is 25.3 Å². The van der Waals surface area contributed by atoms with Crippen LogP contribution in [-0.2, 0) is 4.74 Å². The summed E-state index contributed by atoms with van der Waals surface area (Å²) in [5.74, 6) is -3.13. The van der Waals surface area contributed by atoms with Crippen LogP contribution in [0, 0.1) is 11.6 Å². The Morgan fingerprint density at radius 3 is 2.50 bits per heavy atom. The number of hydrogen-bond acceptors (Lipinski definition) is 3. The highest BCUT2D eigenvalue weighted by Gasteiger charge is 2.16. The molecular weight excluding hydrogens is 316 g/mol. The number of hydrogen-bond donors (Lipinski definition) is 1. The van der Waals surface area contributed by atoms with Crippen molar-refractivity contribution in [2.75, 3.05) is 12.4 Å². The second-order valence-corrected chi connectivity index (χ2v) is 4.67. The van der Waals surface area contributed by atoms with Crippen molar-refractivity contribution >= 4 is 29.2 Å². The van der Waals surface area contributed by atoms with Crippen molar-refractivity contribution in [1.29, 1.82) is 0 Å². The van der Waals surface area contributed by atoms with Crippen molar-refractivity contribution in [3.05, 3.63) is 64.2 Å². The molecule has 1 amide bonds. The molecule has 2 rings (SSSR count). The Balaban J connectivity index is 2.29. The highest BCUT2D eigenvalue weighted by Crippen LogP contribution is 2.22. The molecule has 0 spiro atoms. The Bertz CT molecular complexity index is 750. The van der Waals surface area contributed by atoms with E-state index in [4.69, 9.17) is 11.6 Å². The van der Waals surface area contributed by atoms with Crippen molar-refractivity contribution in [2.45, 2.75) is 0 Å². The van der Waals surface area contributed by atoms with E-state index in [2.05, 4.69) is 10.1 Å².